The topological polar surface area (TPSA) is 57.6 Å². The van der Waals surface area contributed by atoms with Crippen LogP contribution in [0.1, 0.15) is 51.4 Å². The summed E-state index contributed by atoms with van der Waals surface area (Å²) in [5.41, 5.74) is -0.827. The molecule has 1 aliphatic carbocycles. The van der Waals surface area contributed by atoms with E-state index in [1.54, 1.807) is 0 Å². The molecule has 1 fully saturated rings. The molecule has 0 saturated heterocycles. The van der Waals surface area contributed by atoms with Gasteiger partial charge in [0.15, 0.2) is 0 Å². The summed E-state index contributed by atoms with van der Waals surface area (Å²) in [4.78, 5) is 24.1. The van der Waals surface area contributed by atoms with Crippen molar-refractivity contribution in [3.63, 3.8) is 0 Å². The van der Waals surface area contributed by atoms with Crippen molar-refractivity contribution in [3.8, 4) is 0 Å². The lowest BCUT2D eigenvalue weighted by Crippen LogP contribution is -2.52. The summed E-state index contributed by atoms with van der Waals surface area (Å²) < 4.78 is 36.5. The number of aliphatic carboxylic acids is 1. The first-order valence-corrected chi connectivity index (χ1v) is 6.71. The Morgan fingerprint density at radius 1 is 1.20 bits per heavy atom. The van der Waals surface area contributed by atoms with Crippen LogP contribution in [-0.4, -0.2) is 40.6 Å². The lowest BCUT2D eigenvalue weighted by atomic mass is 9.78. The van der Waals surface area contributed by atoms with Crippen molar-refractivity contribution in [2.45, 2.75) is 63.1 Å². The predicted octanol–water partition coefficient (Wildman–Crippen LogP) is 2.96. The summed E-state index contributed by atoms with van der Waals surface area (Å²) in [6, 6.07) is 0. The van der Waals surface area contributed by atoms with Crippen LogP contribution in [0.2, 0.25) is 0 Å². The third kappa shape index (κ3) is 4.68. The van der Waals surface area contributed by atoms with Gasteiger partial charge in [0.1, 0.15) is 0 Å². The SMILES string of the molecule is CN(C(=O)CCC(F)(F)F)C1(CC(=O)O)CCCCC1. The molecule has 0 unspecified atom stereocenters. The molecule has 1 amide bonds. The Bertz CT molecular complexity index is 362. The van der Waals surface area contributed by atoms with Crippen LogP contribution < -0.4 is 0 Å². The molecule has 4 nitrogen and oxygen atoms in total. The molecule has 7 heteroatoms. The fraction of sp³-hybridized carbons (Fsp3) is 0.846. The summed E-state index contributed by atoms with van der Waals surface area (Å²) >= 11 is 0. The maximum Gasteiger partial charge on any atom is 0.389 e. The quantitative estimate of drug-likeness (QED) is 0.848. The molecule has 116 valence electrons. The van der Waals surface area contributed by atoms with E-state index in [1.165, 1.54) is 11.9 Å². The Hall–Kier alpha value is -1.27. The van der Waals surface area contributed by atoms with E-state index >= 15 is 0 Å². The third-order valence-corrected chi connectivity index (χ3v) is 3.97. The molecule has 1 N–H and O–H groups in total. The molecule has 0 aliphatic heterocycles. The van der Waals surface area contributed by atoms with Crippen LogP contribution in [-0.2, 0) is 9.59 Å². The van der Waals surface area contributed by atoms with E-state index in [0.717, 1.165) is 19.3 Å². The zero-order valence-electron chi connectivity index (χ0n) is 11.5. The van der Waals surface area contributed by atoms with Gasteiger partial charge in [-0.15, -0.1) is 0 Å². The largest absolute Gasteiger partial charge is 0.481 e. The minimum Gasteiger partial charge on any atom is -0.481 e. The maximum absolute atomic E-state index is 12.2. The summed E-state index contributed by atoms with van der Waals surface area (Å²) in [6.07, 6.45) is -2.74. The van der Waals surface area contributed by atoms with Gasteiger partial charge in [-0.3, -0.25) is 9.59 Å². The van der Waals surface area contributed by atoms with Crippen LogP contribution in [0.4, 0.5) is 13.2 Å². The van der Waals surface area contributed by atoms with Crippen LogP contribution in [0, 0.1) is 0 Å². The van der Waals surface area contributed by atoms with Crippen LogP contribution in [0.5, 0.6) is 0 Å². The molecule has 0 aromatic heterocycles. The van der Waals surface area contributed by atoms with E-state index in [4.69, 9.17) is 5.11 Å². The summed E-state index contributed by atoms with van der Waals surface area (Å²) in [5.74, 6) is -1.66. The second-order valence-electron chi connectivity index (χ2n) is 5.42. The summed E-state index contributed by atoms with van der Waals surface area (Å²) in [5, 5.41) is 9.00. The minimum atomic E-state index is -4.37. The number of nitrogens with zero attached hydrogens (tertiary/aromatic N) is 1. The van der Waals surface area contributed by atoms with Gasteiger partial charge in [0, 0.05) is 13.5 Å². The molecule has 0 radical (unpaired) electrons. The molecule has 0 aromatic carbocycles. The number of halogens is 3. The lowest BCUT2D eigenvalue weighted by molar-refractivity contribution is -0.155. The number of carboxylic acids is 1. The maximum atomic E-state index is 12.2. The van der Waals surface area contributed by atoms with Gasteiger partial charge >= 0.3 is 12.1 Å². The van der Waals surface area contributed by atoms with E-state index in [0.29, 0.717) is 12.8 Å². The number of amides is 1. The third-order valence-electron chi connectivity index (χ3n) is 3.97. The second-order valence-corrected chi connectivity index (χ2v) is 5.42. The fourth-order valence-corrected chi connectivity index (χ4v) is 2.80. The van der Waals surface area contributed by atoms with Crippen molar-refractivity contribution in [1.82, 2.24) is 4.90 Å². The first-order valence-electron chi connectivity index (χ1n) is 6.71. The Kier molecular flexibility index (Phi) is 5.42. The van der Waals surface area contributed by atoms with Crippen LogP contribution in [0.25, 0.3) is 0 Å². The second kappa shape index (κ2) is 6.45. The fourth-order valence-electron chi connectivity index (χ4n) is 2.80. The van der Waals surface area contributed by atoms with Gasteiger partial charge in [-0.1, -0.05) is 19.3 Å². The number of alkyl halides is 3. The first kappa shape index (κ1) is 16.8. The Balaban J connectivity index is 2.74. The van der Waals surface area contributed by atoms with Crippen molar-refractivity contribution in [2.75, 3.05) is 7.05 Å². The summed E-state index contributed by atoms with van der Waals surface area (Å²) in [6.45, 7) is 0. The lowest BCUT2D eigenvalue weighted by Gasteiger charge is -2.44. The predicted molar refractivity (Wildman–Crippen MR) is 66.1 cm³/mol. The van der Waals surface area contributed by atoms with Gasteiger partial charge in [0.25, 0.3) is 0 Å². The molecular formula is C13H20F3NO3. The van der Waals surface area contributed by atoms with Crippen molar-refractivity contribution in [2.24, 2.45) is 0 Å². The highest BCUT2D eigenvalue weighted by molar-refractivity contribution is 5.78. The smallest absolute Gasteiger partial charge is 0.389 e. The molecule has 20 heavy (non-hydrogen) atoms. The zero-order chi connectivity index (χ0) is 15.4. The van der Waals surface area contributed by atoms with Crippen molar-refractivity contribution in [3.05, 3.63) is 0 Å². The van der Waals surface area contributed by atoms with E-state index < -0.39 is 36.4 Å². The van der Waals surface area contributed by atoms with Gasteiger partial charge < -0.3 is 10.0 Å². The van der Waals surface area contributed by atoms with Gasteiger partial charge in [0.2, 0.25) is 5.91 Å². The highest BCUT2D eigenvalue weighted by Gasteiger charge is 2.41. The van der Waals surface area contributed by atoms with E-state index in [1.807, 2.05) is 0 Å². The van der Waals surface area contributed by atoms with Gasteiger partial charge in [-0.25, -0.2) is 0 Å². The molecule has 0 aromatic rings. The zero-order valence-corrected chi connectivity index (χ0v) is 11.5. The Morgan fingerprint density at radius 3 is 2.20 bits per heavy atom. The molecule has 1 aliphatic rings. The van der Waals surface area contributed by atoms with Crippen molar-refractivity contribution in [1.29, 1.82) is 0 Å². The normalized spacial score (nSPS) is 18.6. The van der Waals surface area contributed by atoms with Gasteiger partial charge in [-0.2, -0.15) is 13.2 Å². The van der Waals surface area contributed by atoms with Crippen LogP contribution in [0.3, 0.4) is 0 Å². The molecule has 0 bridgehead atoms. The monoisotopic (exact) mass is 295 g/mol. The standard InChI is InChI=1S/C13H20F3NO3/c1-17(10(18)5-8-13(14,15)16)12(9-11(19)20)6-3-2-4-7-12/h2-9H2,1H3,(H,19,20). The van der Waals surface area contributed by atoms with Gasteiger partial charge in [-0.05, 0) is 12.8 Å². The molecule has 0 spiro atoms. The number of carbonyl (C=O) groups is 2. The average molecular weight is 295 g/mol. The number of carboxylic acid groups (broad SMARTS) is 1. The number of carbonyl (C=O) groups excluding carboxylic acids is 1. The summed E-state index contributed by atoms with van der Waals surface area (Å²) in [7, 11) is 1.42. The molecule has 1 saturated carbocycles. The average Bonchev–Trinajstić information content (AvgIpc) is 2.34. The van der Waals surface area contributed by atoms with E-state index in [9.17, 15) is 22.8 Å². The molecular weight excluding hydrogens is 275 g/mol. The highest BCUT2D eigenvalue weighted by Crippen LogP contribution is 2.36. The van der Waals surface area contributed by atoms with Crippen LogP contribution in [0.15, 0.2) is 0 Å². The van der Waals surface area contributed by atoms with E-state index in [-0.39, 0.29) is 6.42 Å². The highest BCUT2D eigenvalue weighted by atomic mass is 19.4. The molecule has 0 heterocycles. The first-order chi connectivity index (χ1) is 9.16. The number of hydrogen-bond acceptors (Lipinski definition) is 2. The molecule has 0 atom stereocenters. The Morgan fingerprint density at radius 2 is 1.75 bits per heavy atom. The number of hydrogen-bond donors (Lipinski definition) is 1. The number of rotatable bonds is 5. The van der Waals surface area contributed by atoms with Crippen molar-refractivity contribution >= 4 is 11.9 Å². The Labute approximate surface area is 115 Å². The van der Waals surface area contributed by atoms with Gasteiger partial charge in [0.05, 0.1) is 18.4 Å². The molecule has 1 rings (SSSR count). The minimum absolute atomic E-state index is 0.207. The van der Waals surface area contributed by atoms with Crippen molar-refractivity contribution < 1.29 is 27.9 Å². The van der Waals surface area contributed by atoms with E-state index in [2.05, 4.69) is 0 Å². The van der Waals surface area contributed by atoms with Crippen LogP contribution >= 0.6 is 0 Å².